The molecule has 108 valence electrons. The van der Waals surface area contributed by atoms with Crippen LogP contribution in [0.1, 0.15) is 19.3 Å². The van der Waals surface area contributed by atoms with Crippen molar-refractivity contribution in [1.82, 2.24) is 4.90 Å². The summed E-state index contributed by atoms with van der Waals surface area (Å²) in [6.45, 7) is 0.767. The minimum Gasteiger partial charge on any atom is -0.362 e. The molecule has 0 bridgehead atoms. The molecule has 8 heteroatoms. The molecule has 0 aliphatic carbocycles. The van der Waals surface area contributed by atoms with Crippen molar-refractivity contribution in [2.45, 2.75) is 24.2 Å². The van der Waals surface area contributed by atoms with E-state index in [1.165, 1.54) is 18.2 Å². The van der Waals surface area contributed by atoms with E-state index in [1.807, 2.05) is 0 Å². The second-order valence-electron chi connectivity index (χ2n) is 4.62. The van der Waals surface area contributed by atoms with Gasteiger partial charge in [-0.15, -0.1) is 4.40 Å². The Morgan fingerprint density at radius 2 is 2.10 bits per heavy atom. The van der Waals surface area contributed by atoms with Crippen molar-refractivity contribution in [3.8, 4) is 0 Å². The van der Waals surface area contributed by atoms with Crippen LogP contribution in [0.25, 0.3) is 0 Å². The van der Waals surface area contributed by atoms with Gasteiger partial charge in [-0.05, 0) is 18.9 Å². The highest BCUT2D eigenvalue weighted by molar-refractivity contribution is 7.90. The van der Waals surface area contributed by atoms with Crippen LogP contribution in [-0.4, -0.2) is 37.7 Å². The lowest BCUT2D eigenvalue weighted by molar-refractivity contribution is -0.385. The van der Waals surface area contributed by atoms with E-state index in [1.54, 1.807) is 11.9 Å². The molecular weight excluding hydrogens is 282 g/mol. The summed E-state index contributed by atoms with van der Waals surface area (Å²) in [6.07, 6.45) is 2.50. The fourth-order valence-electron chi connectivity index (χ4n) is 2.02. The Hall–Kier alpha value is -1.96. The smallest absolute Gasteiger partial charge is 0.284 e. The van der Waals surface area contributed by atoms with E-state index >= 15 is 0 Å². The van der Waals surface area contributed by atoms with Crippen LogP contribution in [0.15, 0.2) is 33.6 Å². The standard InChI is InChI=1S/C12H15N3O4S/c1-14-8-3-2-7-12(14)13-20(18,19)11-6-4-5-10(9-11)15(16)17/h4-6,9H,2-3,7-8H2,1H3/b13-12+. The number of sulfonamides is 1. The molecule has 1 aliphatic heterocycles. The summed E-state index contributed by atoms with van der Waals surface area (Å²) < 4.78 is 28.2. The van der Waals surface area contributed by atoms with Gasteiger partial charge < -0.3 is 4.90 Å². The highest BCUT2D eigenvalue weighted by Crippen LogP contribution is 2.20. The lowest BCUT2D eigenvalue weighted by Crippen LogP contribution is -2.32. The summed E-state index contributed by atoms with van der Waals surface area (Å²) in [7, 11) is -2.11. The Balaban J connectivity index is 2.37. The molecular formula is C12H15N3O4S. The Morgan fingerprint density at radius 1 is 1.35 bits per heavy atom. The number of nitro groups is 1. The monoisotopic (exact) mass is 297 g/mol. The fraction of sp³-hybridized carbons (Fsp3) is 0.417. The minimum absolute atomic E-state index is 0.154. The van der Waals surface area contributed by atoms with E-state index < -0.39 is 14.9 Å². The molecule has 1 aromatic rings. The van der Waals surface area contributed by atoms with E-state index in [9.17, 15) is 18.5 Å². The third-order valence-corrected chi connectivity index (χ3v) is 4.44. The topological polar surface area (TPSA) is 92.9 Å². The van der Waals surface area contributed by atoms with Gasteiger partial charge in [0.15, 0.2) is 0 Å². The van der Waals surface area contributed by atoms with Crippen LogP contribution >= 0.6 is 0 Å². The number of non-ortho nitro benzene ring substituents is 1. The molecule has 0 radical (unpaired) electrons. The van der Waals surface area contributed by atoms with Crippen LogP contribution in [-0.2, 0) is 10.0 Å². The van der Waals surface area contributed by atoms with Crippen LogP contribution < -0.4 is 0 Å². The average Bonchev–Trinajstić information content (AvgIpc) is 2.41. The molecule has 2 rings (SSSR count). The molecule has 0 unspecified atom stereocenters. The number of piperidine rings is 1. The highest BCUT2D eigenvalue weighted by Gasteiger charge is 2.20. The number of amidine groups is 1. The Kier molecular flexibility index (Phi) is 4.03. The average molecular weight is 297 g/mol. The van der Waals surface area contributed by atoms with Gasteiger partial charge in [0.25, 0.3) is 15.7 Å². The number of nitro benzene ring substituents is 1. The molecule has 0 saturated carbocycles. The van der Waals surface area contributed by atoms with Gasteiger partial charge in [0, 0.05) is 32.1 Å². The van der Waals surface area contributed by atoms with Gasteiger partial charge in [-0.1, -0.05) is 6.07 Å². The Morgan fingerprint density at radius 3 is 2.75 bits per heavy atom. The van der Waals surface area contributed by atoms with Crippen molar-refractivity contribution in [3.63, 3.8) is 0 Å². The number of nitrogens with zero attached hydrogens (tertiary/aromatic N) is 3. The first-order valence-corrected chi connectivity index (χ1v) is 7.63. The summed E-state index contributed by atoms with van der Waals surface area (Å²) in [5.74, 6) is 0.503. The van der Waals surface area contributed by atoms with E-state index in [-0.39, 0.29) is 10.6 Å². The molecule has 0 aromatic heterocycles. The molecule has 0 spiro atoms. The summed E-state index contributed by atoms with van der Waals surface area (Å²) in [5, 5.41) is 10.7. The van der Waals surface area contributed by atoms with Gasteiger partial charge in [-0.2, -0.15) is 8.42 Å². The second-order valence-corrected chi connectivity index (χ2v) is 6.22. The lowest BCUT2D eigenvalue weighted by Gasteiger charge is -2.25. The summed E-state index contributed by atoms with van der Waals surface area (Å²) in [5.41, 5.74) is -0.261. The molecule has 1 fully saturated rings. The predicted molar refractivity (Wildman–Crippen MR) is 74.2 cm³/mol. The number of likely N-dealkylation sites (tertiary alicyclic amines) is 1. The molecule has 0 atom stereocenters. The third kappa shape index (κ3) is 3.13. The first kappa shape index (κ1) is 14.4. The molecule has 0 N–H and O–H groups in total. The molecule has 20 heavy (non-hydrogen) atoms. The largest absolute Gasteiger partial charge is 0.362 e. The van der Waals surface area contributed by atoms with Crippen LogP contribution in [0, 0.1) is 10.1 Å². The predicted octanol–water partition coefficient (Wildman–Crippen LogP) is 1.80. The van der Waals surface area contributed by atoms with Gasteiger partial charge in [-0.25, -0.2) is 0 Å². The summed E-state index contributed by atoms with van der Waals surface area (Å²) in [6, 6.07) is 4.94. The zero-order valence-electron chi connectivity index (χ0n) is 11.0. The maximum atomic E-state index is 12.2. The SMILES string of the molecule is CN1CCCC/C1=N\S(=O)(=O)c1cccc([N+](=O)[O-])c1. The van der Waals surface area contributed by atoms with Crippen molar-refractivity contribution in [3.05, 3.63) is 34.4 Å². The van der Waals surface area contributed by atoms with Crippen LogP contribution in [0.2, 0.25) is 0 Å². The number of benzene rings is 1. The minimum atomic E-state index is -3.91. The number of hydrogen-bond acceptors (Lipinski definition) is 4. The van der Waals surface area contributed by atoms with Gasteiger partial charge >= 0.3 is 0 Å². The first-order valence-electron chi connectivity index (χ1n) is 6.19. The van der Waals surface area contributed by atoms with Crippen molar-refractivity contribution in [1.29, 1.82) is 0 Å². The van der Waals surface area contributed by atoms with Gasteiger partial charge in [0.2, 0.25) is 0 Å². The second kappa shape index (κ2) is 5.58. The molecule has 1 aromatic carbocycles. The van der Waals surface area contributed by atoms with Crippen molar-refractivity contribution >= 4 is 21.5 Å². The zero-order valence-corrected chi connectivity index (χ0v) is 11.8. The van der Waals surface area contributed by atoms with Gasteiger partial charge in [0.1, 0.15) is 5.84 Å². The normalized spacial score (nSPS) is 18.2. The van der Waals surface area contributed by atoms with Crippen LogP contribution in [0.3, 0.4) is 0 Å². The first-order chi connectivity index (χ1) is 9.40. The Bertz CT molecular complexity index is 654. The Labute approximate surface area is 117 Å². The quantitative estimate of drug-likeness (QED) is 0.626. The number of rotatable bonds is 3. The molecule has 7 nitrogen and oxygen atoms in total. The van der Waals surface area contributed by atoms with E-state index in [0.29, 0.717) is 12.3 Å². The molecule has 1 heterocycles. The molecule has 1 saturated heterocycles. The summed E-state index contributed by atoms with van der Waals surface area (Å²) >= 11 is 0. The maximum absolute atomic E-state index is 12.2. The maximum Gasteiger partial charge on any atom is 0.284 e. The van der Waals surface area contributed by atoms with E-state index in [2.05, 4.69) is 4.40 Å². The van der Waals surface area contributed by atoms with Gasteiger partial charge in [0.05, 0.1) is 9.82 Å². The van der Waals surface area contributed by atoms with Gasteiger partial charge in [-0.3, -0.25) is 10.1 Å². The number of hydrogen-bond donors (Lipinski definition) is 0. The van der Waals surface area contributed by atoms with Crippen LogP contribution in [0.5, 0.6) is 0 Å². The van der Waals surface area contributed by atoms with Crippen LogP contribution in [0.4, 0.5) is 5.69 Å². The lowest BCUT2D eigenvalue weighted by atomic mass is 10.1. The summed E-state index contributed by atoms with van der Waals surface area (Å²) in [4.78, 5) is 11.7. The molecule has 1 aliphatic rings. The zero-order chi connectivity index (χ0) is 14.8. The molecule has 0 amide bonds. The van der Waals surface area contributed by atoms with E-state index in [0.717, 1.165) is 25.5 Å². The van der Waals surface area contributed by atoms with Crippen molar-refractivity contribution in [2.24, 2.45) is 4.40 Å². The van der Waals surface area contributed by atoms with Crippen molar-refractivity contribution < 1.29 is 13.3 Å². The van der Waals surface area contributed by atoms with E-state index in [4.69, 9.17) is 0 Å². The fourth-order valence-corrected chi connectivity index (χ4v) is 3.15. The third-order valence-electron chi connectivity index (χ3n) is 3.14. The van der Waals surface area contributed by atoms with Crippen molar-refractivity contribution in [2.75, 3.05) is 13.6 Å². The highest BCUT2D eigenvalue weighted by atomic mass is 32.2.